The summed E-state index contributed by atoms with van der Waals surface area (Å²) in [4.78, 5) is 71.6. The van der Waals surface area contributed by atoms with Gasteiger partial charge in [-0.05, 0) is 20.8 Å². The normalized spacial score (nSPS) is 12.1. The minimum atomic E-state index is -1.30. The molecule has 0 aromatic heterocycles. The van der Waals surface area contributed by atoms with Crippen molar-refractivity contribution in [3.8, 4) is 0 Å². The summed E-state index contributed by atoms with van der Waals surface area (Å²) in [6.07, 6.45) is -5.17. The van der Waals surface area contributed by atoms with Gasteiger partial charge in [-0.25, -0.2) is 14.4 Å². The topological polar surface area (TPSA) is 259 Å². The lowest BCUT2D eigenvalue weighted by Crippen LogP contribution is -2.26. The first-order valence-electron chi connectivity index (χ1n) is 8.70. The van der Waals surface area contributed by atoms with Crippen molar-refractivity contribution in [1.82, 2.24) is 0 Å². The number of aliphatic carboxylic acids is 5. The fourth-order valence-corrected chi connectivity index (χ4v) is 1.03. The van der Waals surface area contributed by atoms with E-state index < -0.39 is 60.1 Å². The molecule has 0 radical (unpaired) electrons. The van der Waals surface area contributed by atoms with Gasteiger partial charge in [-0.2, -0.15) is 0 Å². The molecule has 184 valence electrons. The van der Waals surface area contributed by atoms with Gasteiger partial charge in [0.1, 0.15) is 6.10 Å². The van der Waals surface area contributed by atoms with Crippen LogP contribution in [0.4, 0.5) is 0 Å². The van der Waals surface area contributed by atoms with Crippen LogP contribution in [-0.2, 0) is 43.0 Å². The zero-order chi connectivity index (χ0) is 26.0. The Morgan fingerprint density at radius 2 is 0.812 bits per heavy atom. The van der Waals surface area contributed by atoms with Crippen molar-refractivity contribution in [1.29, 1.82) is 0 Å². The Kier molecular flexibility index (Phi) is 18.6. The van der Waals surface area contributed by atoms with E-state index in [1.54, 1.807) is 0 Å². The first kappa shape index (κ1) is 32.9. The molecule has 3 unspecified atom stereocenters. The Morgan fingerprint density at radius 3 is 0.969 bits per heavy atom. The number of carbonyl (C=O) groups is 7. The average Bonchev–Trinajstić information content (AvgIpc) is 2.65. The summed E-state index contributed by atoms with van der Waals surface area (Å²) < 4.78 is 8.90. The molecular formula is C17H26O15. The largest absolute Gasteiger partial charge is 0.481 e. The zero-order valence-electron chi connectivity index (χ0n) is 17.4. The number of hydrogen-bond acceptors (Lipinski definition) is 10. The van der Waals surface area contributed by atoms with Gasteiger partial charge in [0.15, 0.2) is 12.2 Å². The van der Waals surface area contributed by atoms with Crippen LogP contribution in [0, 0.1) is 0 Å². The molecule has 0 saturated carbocycles. The Bertz CT molecular complexity index is 619. The van der Waals surface area contributed by atoms with Crippen LogP contribution < -0.4 is 0 Å². The highest BCUT2D eigenvalue weighted by molar-refractivity contribution is 5.82. The van der Waals surface area contributed by atoms with Crippen molar-refractivity contribution >= 4 is 41.8 Å². The van der Waals surface area contributed by atoms with Gasteiger partial charge in [0.05, 0.1) is 25.7 Å². The molecule has 0 aliphatic heterocycles. The molecule has 0 spiro atoms. The van der Waals surface area contributed by atoms with Crippen LogP contribution in [0.25, 0.3) is 0 Å². The van der Waals surface area contributed by atoms with Crippen LogP contribution in [-0.4, -0.2) is 90.7 Å². The van der Waals surface area contributed by atoms with Crippen molar-refractivity contribution in [2.24, 2.45) is 0 Å². The van der Waals surface area contributed by atoms with Gasteiger partial charge in [0, 0.05) is 0 Å². The SMILES string of the molecule is CC(O)C(=O)O.CC(OC(=O)CCC(=O)OC(C)C(=O)O)C(=O)O.O=C(O)CCC(=O)O. The highest BCUT2D eigenvalue weighted by Gasteiger charge is 2.20. The van der Waals surface area contributed by atoms with Gasteiger partial charge >= 0.3 is 41.8 Å². The van der Waals surface area contributed by atoms with Crippen LogP contribution in [0.15, 0.2) is 0 Å². The van der Waals surface area contributed by atoms with E-state index in [-0.39, 0.29) is 25.7 Å². The van der Waals surface area contributed by atoms with Crippen molar-refractivity contribution in [2.45, 2.75) is 64.8 Å². The van der Waals surface area contributed by atoms with Gasteiger partial charge in [-0.1, -0.05) is 0 Å². The predicted octanol–water partition coefficient (Wildman–Crippen LogP) is -0.813. The number of hydrogen-bond donors (Lipinski definition) is 6. The van der Waals surface area contributed by atoms with Gasteiger partial charge in [0.25, 0.3) is 0 Å². The van der Waals surface area contributed by atoms with Crippen molar-refractivity contribution in [3.05, 3.63) is 0 Å². The number of carboxylic acids is 5. The number of esters is 2. The third-order valence-electron chi connectivity index (χ3n) is 2.76. The van der Waals surface area contributed by atoms with Crippen molar-refractivity contribution in [3.63, 3.8) is 0 Å². The molecule has 0 aromatic carbocycles. The number of ether oxygens (including phenoxy) is 2. The van der Waals surface area contributed by atoms with E-state index >= 15 is 0 Å². The number of carboxylic acid groups (broad SMARTS) is 5. The van der Waals surface area contributed by atoms with E-state index in [1.807, 2.05) is 0 Å². The molecule has 0 rings (SSSR count). The zero-order valence-corrected chi connectivity index (χ0v) is 17.4. The van der Waals surface area contributed by atoms with Crippen LogP contribution >= 0.6 is 0 Å². The maximum Gasteiger partial charge on any atom is 0.344 e. The van der Waals surface area contributed by atoms with E-state index in [0.717, 1.165) is 0 Å². The van der Waals surface area contributed by atoms with E-state index in [4.69, 9.17) is 30.6 Å². The highest BCUT2D eigenvalue weighted by Crippen LogP contribution is 2.02. The van der Waals surface area contributed by atoms with Crippen molar-refractivity contribution in [2.75, 3.05) is 0 Å². The van der Waals surface area contributed by atoms with Crippen LogP contribution in [0.2, 0.25) is 0 Å². The summed E-state index contributed by atoms with van der Waals surface area (Å²) >= 11 is 0. The predicted molar refractivity (Wildman–Crippen MR) is 99.4 cm³/mol. The summed E-state index contributed by atoms with van der Waals surface area (Å²) in [6, 6.07) is 0. The summed E-state index contributed by atoms with van der Waals surface area (Å²) in [5, 5.41) is 48.5. The molecule has 0 aromatic rings. The molecule has 0 saturated heterocycles. The van der Waals surface area contributed by atoms with E-state index in [0.29, 0.717) is 0 Å². The van der Waals surface area contributed by atoms with E-state index in [9.17, 15) is 33.6 Å². The van der Waals surface area contributed by atoms with Crippen LogP contribution in [0.1, 0.15) is 46.5 Å². The molecule has 6 N–H and O–H groups in total. The smallest absolute Gasteiger partial charge is 0.344 e. The number of aliphatic hydroxyl groups is 1. The minimum Gasteiger partial charge on any atom is -0.481 e. The van der Waals surface area contributed by atoms with Crippen LogP contribution in [0.3, 0.4) is 0 Å². The lowest BCUT2D eigenvalue weighted by molar-refractivity contribution is -0.166. The standard InChI is InChI=1S/C10H14O8.C4H6O4.C3H6O3/c1-5(9(13)14)17-7(11)3-4-8(12)18-6(2)10(15)16;5-3(6)1-2-4(7)8;1-2(4)3(5)6/h5-6H,3-4H2,1-2H3,(H,13,14)(H,15,16);1-2H2,(H,5,6)(H,7,8);2,4H,1H3,(H,5,6). The summed E-state index contributed by atoms with van der Waals surface area (Å²) in [6.45, 7) is 3.54. The molecule has 0 heterocycles. The lowest BCUT2D eigenvalue weighted by Gasteiger charge is -2.10. The molecule has 15 heteroatoms. The molecule has 3 atom stereocenters. The third-order valence-corrected chi connectivity index (χ3v) is 2.76. The third kappa shape index (κ3) is 24.3. The molecule has 0 bridgehead atoms. The monoisotopic (exact) mass is 470 g/mol. The Hall–Kier alpha value is -3.75. The average molecular weight is 470 g/mol. The fraction of sp³-hybridized carbons (Fsp3) is 0.588. The van der Waals surface area contributed by atoms with Gasteiger partial charge in [0.2, 0.25) is 0 Å². The maximum absolute atomic E-state index is 11.1. The Labute approximate surface area is 181 Å². The first-order chi connectivity index (χ1) is 14.5. The summed E-state index contributed by atoms with van der Waals surface area (Å²) in [5.41, 5.74) is 0. The summed E-state index contributed by atoms with van der Waals surface area (Å²) in [5.74, 6) is -7.68. The molecule has 0 amide bonds. The quantitative estimate of drug-likeness (QED) is 0.202. The molecule has 0 aliphatic carbocycles. The molecule has 0 fully saturated rings. The lowest BCUT2D eigenvalue weighted by atomic mass is 10.3. The second kappa shape index (κ2) is 18.1. The second-order valence-corrected chi connectivity index (χ2v) is 5.74. The van der Waals surface area contributed by atoms with Crippen molar-refractivity contribution < 1.29 is 73.7 Å². The molecular weight excluding hydrogens is 444 g/mol. The van der Waals surface area contributed by atoms with E-state index in [1.165, 1.54) is 20.8 Å². The Balaban J connectivity index is -0.000000492. The van der Waals surface area contributed by atoms with Gasteiger partial charge in [-0.15, -0.1) is 0 Å². The second-order valence-electron chi connectivity index (χ2n) is 5.74. The highest BCUT2D eigenvalue weighted by atomic mass is 16.6. The minimum absolute atomic E-state index is 0.296. The molecule has 0 aliphatic rings. The fourth-order valence-electron chi connectivity index (χ4n) is 1.03. The number of carbonyl (C=O) groups excluding carboxylic acids is 2. The summed E-state index contributed by atoms with van der Waals surface area (Å²) in [7, 11) is 0. The maximum atomic E-state index is 11.1. The van der Waals surface area contributed by atoms with Crippen LogP contribution in [0.5, 0.6) is 0 Å². The van der Waals surface area contributed by atoms with Gasteiger partial charge < -0.3 is 40.1 Å². The Morgan fingerprint density at radius 1 is 0.562 bits per heavy atom. The first-order valence-corrected chi connectivity index (χ1v) is 8.70. The number of rotatable bonds is 11. The molecule has 15 nitrogen and oxygen atoms in total. The van der Waals surface area contributed by atoms with Gasteiger partial charge in [-0.3, -0.25) is 19.2 Å². The van der Waals surface area contributed by atoms with E-state index in [2.05, 4.69) is 9.47 Å². The number of aliphatic hydroxyl groups excluding tert-OH is 1. The molecule has 32 heavy (non-hydrogen) atoms.